The highest BCUT2D eigenvalue weighted by Crippen LogP contribution is 2.38. The molecule has 3 aromatic rings. The molecule has 0 saturated carbocycles. The van der Waals surface area contributed by atoms with E-state index >= 15 is 0 Å². The first-order chi connectivity index (χ1) is 15.5. The van der Waals surface area contributed by atoms with Crippen LogP contribution in [-0.4, -0.2) is 53.3 Å². The van der Waals surface area contributed by atoms with Crippen molar-refractivity contribution in [3.8, 4) is 11.5 Å². The number of ether oxygens (including phenoxy) is 3. The Balaban J connectivity index is 1.93. The second kappa shape index (κ2) is 8.79. The summed E-state index contributed by atoms with van der Waals surface area (Å²) >= 11 is 3.41. The zero-order valence-electron chi connectivity index (χ0n) is 17.3. The van der Waals surface area contributed by atoms with Gasteiger partial charge in [0, 0.05) is 10.0 Å². The lowest BCUT2D eigenvalue weighted by Crippen LogP contribution is -2.33. The van der Waals surface area contributed by atoms with Gasteiger partial charge in [-0.25, -0.2) is 4.79 Å². The third-order valence-corrected chi connectivity index (χ3v) is 5.51. The number of ketones is 1. The molecule has 2 heterocycles. The molecule has 10 nitrogen and oxygen atoms in total. The first kappa shape index (κ1) is 21.5. The third kappa shape index (κ3) is 3.71. The smallest absolute Gasteiger partial charge is 0.355 e. The number of aromatic nitrogens is 4. The first-order valence-electron chi connectivity index (χ1n) is 9.38. The molecule has 0 fully saturated rings. The Labute approximate surface area is 191 Å². The van der Waals surface area contributed by atoms with Gasteiger partial charge in [-0.2, -0.15) is 4.68 Å². The quantitative estimate of drug-likeness (QED) is 0.403. The van der Waals surface area contributed by atoms with E-state index in [9.17, 15) is 9.59 Å². The molecule has 0 unspecified atom stereocenters. The van der Waals surface area contributed by atoms with Crippen LogP contribution in [0.15, 0.2) is 58.2 Å². The van der Waals surface area contributed by atoms with Crippen molar-refractivity contribution in [1.29, 1.82) is 0 Å². The molecule has 0 radical (unpaired) electrons. The van der Waals surface area contributed by atoms with Gasteiger partial charge in [-0.05, 0) is 46.3 Å². The monoisotopic (exact) mass is 499 g/mol. The topological polar surface area (TPSA) is 117 Å². The maximum absolute atomic E-state index is 13.8. The Morgan fingerprint density at radius 3 is 2.41 bits per heavy atom. The molecule has 0 saturated heterocycles. The Kier molecular flexibility index (Phi) is 5.91. The van der Waals surface area contributed by atoms with Crippen LogP contribution in [0.5, 0.6) is 11.5 Å². The highest BCUT2D eigenvalue weighted by molar-refractivity contribution is 9.10. The highest BCUT2D eigenvalue weighted by atomic mass is 79.9. The standard InChI is InChI=1S/C21H18BrN5O5/c1-30-14-9-6-12(10-15(14)31-2)19(28)16-17(20(29)32-3)23-21-24-25-26-27(21)18(16)11-4-7-13(22)8-5-11/h4-10,18H,1-3H3,(H,23,24,26)/t18-/m1/s1. The van der Waals surface area contributed by atoms with Gasteiger partial charge < -0.3 is 19.5 Å². The predicted molar refractivity (Wildman–Crippen MR) is 117 cm³/mol. The predicted octanol–water partition coefficient (Wildman–Crippen LogP) is 2.78. The number of rotatable bonds is 6. The van der Waals surface area contributed by atoms with E-state index in [1.54, 1.807) is 18.2 Å². The number of halogens is 1. The van der Waals surface area contributed by atoms with Crippen LogP contribution in [-0.2, 0) is 9.53 Å². The van der Waals surface area contributed by atoms with Gasteiger partial charge in [-0.1, -0.05) is 33.2 Å². The normalized spacial score (nSPS) is 14.9. The second-order valence-corrected chi connectivity index (χ2v) is 7.62. The summed E-state index contributed by atoms with van der Waals surface area (Å²) in [6.45, 7) is 0. The number of carbonyl (C=O) groups is 2. The Hall–Kier alpha value is -3.73. The van der Waals surface area contributed by atoms with Crippen molar-refractivity contribution in [3.63, 3.8) is 0 Å². The van der Waals surface area contributed by atoms with Crippen LogP contribution in [0.25, 0.3) is 0 Å². The number of esters is 1. The molecule has 1 N–H and O–H groups in total. The van der Waals surface area contributed by atoms with Crippen molar-refractivity contribution in [2.75, 3.05) is 26.6 Å². The van der Waals surface area contributed by atoms with E-state index in [-0.39, 0.29) is 17.2 Å². The van der Waals surface area contributed by atoms with Crippen LogP contribution in [0.1, 0.15) is 22.0 Å². The van der Waals surface area contributed by atoms with Crippen molar-refractivity contribution in [2.45, 2.75) is 6.04 Å². The van der Waals surface area contributed by atoms with E-state index in [0.717, 1.165) is 4.47 Å². The van der Waals surface area contributed by atoms with E-state index in [0.29, 0.717) is 22.6 Å². The lowest BCUT2D eigenvalue weighted by atomic mass is 9.89. The Bertz CT molecular complexity index is 1220. The van der Waals surface area contributed by atoms with Gasteiger partial charge in [0.25, 0.3) is 0 Å². The summed E-state index contributed by atoms with van der Waals surface area (Å²) in [6, 6.07) is 11.3. The van der Waals surface area contributed by atoms with Gasteiger partial charge in [0.05, 0.1) is 26.9 Å². The average molecular weight is 500 g/mol. The van der Waals surface area contributed by atoms with Gasteiger partial charge >= 0.3 is 5.97 Å². The van der Waals surface area contributed by atoms with Crippen molar-refractivity contribution in [1.82, 2.24) is 20.2 Å². The van der Waals surface area contributed by atoms with Crippen LogP contribution in [0.4, 0.5) is 5.95 Å². The van der Waals surface area contributed by atoms with Crippen LogP contribution < -0.4 is 14.8 Å². The number of allylic oxidation sites excluding steroid dienone is 1. The number of tetrazole rings is 1. The number of methoxy groups -OCH3 is 3. The lowest BCUT2D eigenvalue weighted by molar-refractivity contribution is -0.136. The van der Waals surface area contributed by atoms with Crippen LogP contribution >= 0.6 is 15.9 Å². The third-order valence-electron chi connectivity index (χ3n) is 4.98. The maximum atomic E-state index is 13.8. The van der Waals surface area contributed by atoms with Crippen molar-refractivity contribution < 1.29 is 23.8 Å². The number of hydrogen-bond donors (Lipinski definition) is 1. The molecule has 32 heavy (non-hydrogen) atoms. The van der Waals surface area contributed by atoms with E-state index in [1.165, 1.54) is 26.0 Å². The first-order valence-corrected chi connectivity index (χ1v) is 10.2. The second-order valence-electron chi connectivity index (χ2n) is 6.71. The number of benzene rings is 2. The fraction of sp³-hybridized carbons (Fsp3) is 0.190. The SMILES string of the molecule is COC(=O)C1=C(C(=O)c2ccc(OC)c(OC)c2)[C@@H](c2ccc(Br)cc2)n2nnnc2N1. The van der Waals surface area contributed by atoms with Crippen LogP contribution in [0.3, 0.4) is 0 Å². The molecule has 0 bridgehead atoms. The van der Waals surface area contributed by atoms with Crippen molar-refractivity contribution in [3.05, 3.63) is 69.3 Å². The molecule has 2 aromatic carbocycles. The fourth-order valence-electron chi connectivity index (χ4n) is 3.47. The Morgan fingerprint density at radius 1 is 1.03 bits per heavy atom. The van der Waals surface area contributed by atoms with E-state index in [1.807, 2.05) is 24.3 Å². The lowest BCUT2D eigenvalue weighted by Gasteiger charge is -2.28. The number of nitrogens with one attached hydrogen (secondary N) is 1. The number of carbonyl (C=O) groups excluding carboxylic acids is 2. The number of nitrogens with zero attached hydrogens (tertiary/aromatic N) is 4. The fourth-order valence-corrected chi connectivity index (χ4v) is 3.74. The molecular formula is C21H18BrN5O5. The zero-order valence-corrected chi connectivity index (χ0v) is 18.9. The zero-order chi connectivity index (χ0) is 22.8. The number of anilines is 1. The molecule has 1 aliphatic rings. The molecule has 4 rings (SSSR count). The van der Waals surface area contributed by atoms with E-state index in [4.69, 9.17) is 14.2 Å². The molecule has 164 valence electrons. The van der Waals surface area contributed by atoms with Crippen molar-refractivity contribution >= 4 is 33.6 Å². The van der Waals surface area contributed by atoms with Crippen molar-refractivity contribution in [2.24, 2.45) is 0 Å². The van der Waals surface area contributed by atoms with Crippen LogP contribution in [0.2, 0.25) is 0 Å². The molecule has 1 aromatic heterocycles. The maximum Gasteiger partial charge on any atom is 0.355 e. The summed E-state index contributed by atoms with van der Waals surface area (Å²) in [5, 5.41) is 14.5. The summed E-state index contributed by atoms with van der Waals surface area (Å²) < 4.78 is 17.8. The molecule has 0 amide bonds. The van der Waals surface area contributed by atoms with Gasteiger partial charge in [-0.15, -0.1) is 0 Å². The Morgan fingerprint density at radius 2 is 1.75 bits per heavy atom. The minimum Gasteiger partial charge on any atom is -0.493 e. The molecule has 0 aliphatic carbocycles. The summed E-state index contributed by atoms with van der Waals surface area (Å²) in [5.41, 5.74) is 1.08. The minimum atomic E-state index is -0.774. The number of Topliss-reactive ketones (excluding diaryl/α,β-unsaturated/α-hetero) is 1. The van der Waals surface area contributed by atoms with Gasteiger partial charge in [0.2, 0.25) is 5.95 Å². The summed E-state index contributed by atoms with van der Waals surface area (Å²) in [4.78, 5) is 26.5. The molecule has 0 spiro atoms. The number of fused-ring (bicyclic) bond motifs is 1. The summed E-state index contributed by atoms with van der Waals surface area (Å²) in [7, 11) is 4.22. The van der Waals surface area contributed by atoms with Crippen LogP contribution in [0, 0.1) is 0 Å². The van der Waals surface area contributed by atoms with Gasteiger partial charge in [0.1, 0.15) is 11.7 Å². The molecular weight excluding hydrogens is 482 g/mol. The summed E-state index contributed by atoms with van der Waals surface area (Å²) in [6.07, 6.45) is 0. The van der Waals surface area contributed by atoms with E-state index in [2.05, 4.69) is 36.8 Å². The number of hydrogen-bond acceptors (Lipinski definition) is 9. The molecule has 1 atom stereocenters. The van der Waals surface area contributed by atoms with E-state index < -0.39 is 17.8 Å². The van der Waals surface area contributed by atoms with Gasteiger partial charge in [-0.3, -0.25) is 4.79 Å². The summed E-state index contributed by atoms with van der Waals surface area (Å²) in [5.74, 6) is -0.0776. The van der Waals surface area contributed by atoms with Gasteiger partial charge in [0.15, 0.2) is 17.3 Å². The largest absolute Gasteiger partial charge is 0.493 e. The minimum absolute atomic E-state index is 0.0393. The molecule has 11 heteroatoms. The molecule has 1 aliphatic heterocycles. The highest BCUT2D eigenvalue weighted by Gasteiger charge is 2.38. The average Bonchev–Trinajstić information content (AvgIpc) is 3.30.